The summed E-state index contributed by atoms with van der Waals surface area (Å²) in [5.41, 5.74) is 0. The standard InChI is InChI=1S/C11H21NO/c1-8-6-9(2)12(7-8)11-4-5-13-10(11)3/h8-11H,4-7H2,1-3H3. The van der Waals surface area contributed by atoms with Crippen molar-refractivity contribution in [2.75, 3.05) is 13.2 Å². The lowest BCUT2D eigenvalue weighted by Crippen LogP contribution is -2.41. The first-order valence-corrected chi connectivity index (χ1v) is 5.56. The van der Waals surface area contributed by atoms with Crippen LogP contribution in [0.3, 0.4) is 0 Å². The number of hydrogen-bond donors (Lipinski definition) is 0. The van der Waals surface area contributed by atoms with Gasteiger partial charge in [0, 0.05) is 25.2 Å². The van der Waals surface area contributed by atoms with Gasteiger partial charge >= 0.3 is 0 Å². The van der Waals surface area contributed by atoms with Gasteiger partial charge in [-0.2, -0.15) is 0 Å². The van der Waals surface area contributed by atoms with Gasteiger partial charge in [-0.05, 0) is 32.6 Å². The monoisotopic (exact) mass is 183 g/mol. The first-order chi connectivity index (χ1) is 6.18. The van der Waals surface area contributed by atoms with Crippen LogP contribution in [0.25, 0.3) is 0 Å². The van der Waals surface area contributed by atoms with Gasteiger partial charge in [0.05, 0.1) is 6.10 Å². The van der Waals surface area contributed by atoms with Crippen molar-refractivity contribution in [2.45, 2.75) is 51.8 Å². The maximum Gasteiger partial charge on any atom is 0.0703 e. The van der Waals surface area contributed by atoms with Gasteiger partial charge in [0.1, 0.15) is 0 Å². The third-order valence-electron chi connectivity index (χ3n) is 3.59. The lowest BCUT2D eigenvalue weighted by Gasteiger charge is -2.30. The molecule has 2 nitrogen and oxygen atoms in total. The van der Waals surface area contributed by atoms with Crippen LogP contribution in [-0.4, -0.2) is 36.2 Å². The normalized spacial score (nSPS) is 47.3. The van der Waals surface area contributed by atoms with E-state index in [-0.39, 0.29) is 0 Å². The van der Waals surface area contributed by atoms with E-state index in [1.165, 1.54) is 19.4 Å². The molecule has 2 fully saturated rings. The van der Waals surface area contributed by atoms with Crippen LogP contribution >= 0.6 is 0 Å². The molecule has 0 radical (unpaired) electrons. The van der Waals surface area contributed by atoms with E-state index in [0.29, 0.717) is 12.1 Å². The summed E-state index contributed by atoms with van der Waals surface area (Å²) in [5.74, 6) is 0.878. The predicted octanol–water partition coefficient (Wildman–Crippen LogP) is 1.89. The molecule has 0 amide bonds. The highest BCUT2D eigenvalue weighted by Crippen LogP contribution is 2.30. The first-order valence-electron chi connectivity index (χ1n) is 5.56. The molecule has 2 rings (SSSR count). The van der Waals surface area contributed by atoms with Gasteiger partial charge < -0.3 is 4.74 Å². The fraction of sp³-hybridized carbons (Fsp3) is 1.00. The number of nitrogens with zero attached hydrogens (tertiary/aromatic N) is 1. The molecule has 0 aromatic heterocycles. The van der Waals surface area contributed by atoms with Crippen molar-refractivity contribution in [3.8, 4) is 0 Å². The number of ether oxygens (including phenoxy) is 1. The van der Waals surface area contributed by atoms with Crippen molar-refractivity contribution >= 4 is 0 Å². The van der Waals surface area contributed by atoms with Gasteiger partial charge in [-0.1, -0.05) is 6.92 Å². The van der Waals surface area contributed by atoms with Crippen LogP contribution in [0.2, 0.25) is 0 Å². The summed E-state index contributed by atoms with van der Waals surface area (Å²) >= 11 is 0. The highest BCUT2D eigenvalue weighted by molar-refractivity contribution is 4.90. The molecular weight excluding hydrogens is 162 g/mol. The molecule has 0 aromatic rings. The van der Waals surface area contributed by atoms with E-state index < -0.39 is 0 Å². The maximum absolute atomic E-state index is 5.62. The molecule has 4 atom stereocenters. The Hall–Kier alpha value is -0.0800. The van der Waals surface area contributed by atoms with Crippen molar-refractivity contribution in [1.29, 1.82) is 0 Å². The summed E-state index contributed by atoms with van der Waals surface area (Å²) in [6.07, 6.45) is 3.05. The van der Waals surface area contributed by atoms with Gasteiger partial charge in [0.15, 0.2) is 0 Å². The van der Waals surface area contributed by atoms with Crippen LogP contribution in [0.5, 0.6) is 0 Å². The molecule has 0 spiro atoms. The maximum atomic E-state index is 5.62. The fourth-order valence-electron chi connectivity index (χ4n) is 2.95. The Labute approximate surface area is 81.3 Å². The van der Waals surface area contributed by atoms with E-state index in [1.54, 1.807) is 0 Å². The highest BCUT2D eigenvalue weighted by atomic mass is 16.5. The molecule has 2 aliphatic heterocycles. The Morgan fingerprint density at radius 2 is 2.00 bits per heavy atom. The van der Waals surface area contributed by atoms with Gasteiger partial charge in [-0.25, -0.2) is 0 Å². The summed E-state index contributed by atoms with van der Waals surface area (Å²) < 4.78 is 5.62. The van der Waals surface area contributed by atoms with Gasteiger partial charge in [0.2, 0.25) is 0 Å². The van der Waals surface area contributed by atoms with Crippen molar-refractivity contribution < 1.29 is 4.74 Å². The average Bonchev–Trinajstić information content (AvgIpc) is 2.58. The minimum atomic E-state index is 0.452. The van der Waals surface area contributed by atoms with Gasteiger partial charge in [0.25, 0.3) is 0 Å². The van der Waals surface area contributed by atoms with Crippen LogP contribution in [-0.2, 0) is 4.74 Å². The predicted molar refractivity (Wildman–Crippen MR) is 53.8 cm³/mol. The Morgan fingerprint density at radius 1 is 1.23 bits per heavy atom. The quantitative estimate of drug-likeness (QED) is 0.615. The molecule has 2 heteroatoms. The van der Waals surface area contributed by atoms with Crippen molar-refractivity contribution in [3.63, 3.8) is 0 Å². The van der Waals surface area contributed by atoms with Crippen LogP contribution in [0.4, 0.5) is 0 Å². The third-order valence-corrected chi connectivity index (χ3v) is 3.59. The average molecular weight is 183 g/mol. The molecule has 0 saturated carbocycles. The largest absolute Gasteiger partial charge is 0.377 e. The van der Waals surface area contributed by atoms with E-state index in [4.69, 9.17) is 4.74 Å². The molecule has 2 heterocycles. The second-order valence-electron chi connectivity index (χ2n) is 4.82. The Bertz CT molecular complexity index is 183. The van der Waals surface area contributed by atoms with Gasteiger partial charge in [-0.3, -0.25) is 4.90 Å². The highest BCUT2D eigenvalue weighted by Gasteiger charge is 2.37. The zero-order valence-corrected chi connectivity index (χ0v) is 8.99. The second-order valence-corrected chi connectivity index (χ2v) is 4.82. The summed E-state index contributed by atoms with van der Waals surface area (Å²) in [6, 6.07) is 1.46. The number of hydrogen-bond acceptors (Lipinski definition) is 2. The Kier molecular flexibility index (Phi) is 2.61. The molecule has 4 unspecified atom stereocenters. The van der Waals surface area contributed by atoms with E-state index in [9.17, 15) is 0 Å². The zero-order valence-electron chi connectivity index (χ0n) is 8.99. The molecule has 0 N–H and O–H groups in total. The summed E-state index contributed by atoms with van der Waals surface area (Å²) in [5, 5.41) is 0. The minimum absolute atomic E-state index is 0.452. The zero-order chi connectivity index (χ0) is 9.42. The topological polar surface area (TPSA) is 12.5 Å². The lowest BCUT2D eigenvalue weighted by atomic mass is 10.1. The lowest BCUT2D eigenvalue weighted by molar-refractivity contribution is 0.0705. The third kappa shape index (κ3) is 1.75. The Balaban J connectivity index is 1.99. The van der Waals surface area contributed by atoms with Crippen molar-refractivity contribution in [1.82, 2.24) is 4.90 Å². The molecule has 13 heavy (non-hydrogen) atoms. The van der Waals surface area contributed by atoms with E-state index >= 15 is 0 Å². The van der Waals surface area contributed by atoms with Gasteiger partial charge in [-0.15, -0.1) is 0 Å². The molecule has 76 valence electrons. The van der Waals surface area contributed by atoms with Crippen LogP contribution < -0.4 is 0 Å². The molecular formula is C11H21NO. The minimum Gasteiger partial charge on any atom is -0.377 e. The first kappa shape index (κ1) is 9.47. The molecule has 2 saturated heterocycles. The number of rotatable bonds is 1. The molecule has 0 aromatic carbocycles. The molecule has 0 aliphatic carbocycles. The van der Waals surface area contributed by atoms with Crippen LogP contribution in [0.1, 0.15) is 33.6 Å². The fourth-order valence-corrected chi connectivity index (χ4v) is 2.95. The van der Waals surface area contributed by atoms with E-state index in [2.05, 4.69) is 25.7 Å². The second kappa shape index (κ2) is 3.58. The number of likely N-dealkylation sites (tertiary alicyclic amines) is 1. The summed E-state index contributed by atoms with van der Waals surface area (Å²) in [4.78, 5) is 2.66. The molecule has 0 bridgehead atoms. The summed E-state index contributed by atoms with van der Waals surface area (Å²) in [6.45, 7) is 9.17. The van der Waals surface area contributed by atoms with E-state index in [0.717, 1.165) is 18.6 Å². The van der Waals surface area contributed by atoms with Crippen LogP contribution in [0, 0.1) is 5.92 Å². The smallest absolute Gasteiger partial charge is 0.0703 e. The Morgan fingerprint density at radius 3 is 2.46 bits per heavy atom. The van der Waals surface area contributed by atoms with Crippen molar-refractivity contribution in [3.05, 3.63) is 0 Å². The molecule has 2 aliphatic rings. The van der Waals surface area contributed by atoms with Crippen LogP contribution in [0.15, 0.2) is 0 Å². The summed E-state index contributed by atoms with van der Waals surface area (Å²) in [7, 11) is 0. The van der Waals surface area contributed by atoms with E-state index in [1.807, 2.05) is 0 Å². The van der Waals surface area contributed by atoms with Crippen molar-refractivity contribution in [2.24, 2.45) is 5.92 Å². The SMILES string of the molecule is CC1CC(C)N(C2CCOC2C)C1.